The number of hydrogen-bond acceptors (Lipinski definition) is 4. The summed E-state index contributed by atoms with van der Waals surface area (Å²) in [4.78, 5) is 13.7. The second-order valence-corrected chi connectivity index (χ2v) is 4.79. The first-order chi connectivity index (χ1) is 9.60. The van der Waals surface area contributed by atoms with Gasteiger partial charge in [0, 0.05) is 6.07 Å². The van der Waals surface area contributed by atoms with Gasteiger partial charge < -0.3 is 4.18 Å². The van der Waals surface area contributed by atoms with Gasteiger partial charge in [-0.2, -0.15) is 0 Å². The van der Waals surface area contributed by atoms with Crippen LogP contribution in [0.5, 0.6) is 5.75 Å². The Labute approximate surface area is 117 Å². The van der Waals surface area contributed by atoms with Gasteiger partial charge >= 0.3 is 0 Å². The lowest BCUT2D eigenvalue weighted by molar-refractivity contribution is -0.384. The molecule has 0 amide bonds. The van der Waals surface area contributed by atoms with Crippen molar-refractivity contribution in [2.24, 2.45) is 0 Å². The summed E-state index contributed by atoms with van der Waals surface area (Å²) in [7, 11) is 0. The molecule has 0 N–H and O–H groups in total. The lowest BCUT2D eigenvalue weighted by Gasteiger charge is -2.04. The quantitative estimate of drug-likeness (QED) is 0.491. The third-order valence-electron chi connectivity index (χ3n) is 2.36. The monoisotopic (exact) mass is 288 g/mol. The van der Waals surface area contributed by atoms with Crippen LogP contribution in [0.1, 0.15) is 0 Å². The van der Waals surface area contributed by atoms with Crippen LogP contribution in [-0.4, -0.2) is 9.13 Å². The summed E-state index contributed by atoms with van der Waals surface area (Å²) in [5.74, 6) is 0.145. The Bertz CT molecular complexity index is 707. The molecule has 6 nitrogen and oxygen atoms in total. The number of hydrogen-bond donors (Lipinski definition) is 0. The van der Waals surface area contributed by atoms with E-state index in [1.807, 2.05) is 0 Å². The first-order valence-electron chi connectivity index (χ1n) is 5.42. The predicted octanol–water partition coefficient (Wildman–Crippen LogP) is 3.25. The third kappa shape index (κ3) is 3.18. The number of nitrogens with zero attached hydrogens (tertiary/aromatic N) is 2. The zero-order valence-corrected chi connectivity index (χ0v) is 10.9. The number of nitro benzene ring substituents is 1. The molecule has 0 heterocycles. The highest BCUT2D eigenvalue weighted by molar-refractivity contribution is 7.80. The predicted molar refractivity (Wildman–Crippen MR) is 72.8 cm³/mol. The summed E-state index contributed by atoms with van der Waals surface area (Å²) in [5.41, 5.74) is 0.295. The Balaban J connectivity index is 2.17. The summed E-state index contributed by atoms with van der Waals surface area (Å²) in [6.45, 7) is 6.82. The van der Waals surface area contributed by atoms with Crippen LogP contribution in [0.2, 0.25) is 0 Å². The topological polar surface area (TPSA) is 73.8 Å². The maximum absolute atomic E-state index is 11.9. The molecule has 0 fully saturated rings. The molecule has 100 valence electrons. The summed E-state index contributed by atoms with van der Waals surface area (Å²) in [6.07, 6.45) is 0. The van der Waals surface area contributed by atoms with Gasteiger partial charge in [-0.3, -0.25) is 10.1 Å². The zero-order chi connectivity index (χ0) is 14.5. The molecule has 0 bridgehead atoms. The summed E-state index contributed by atoms with van der Waals surface area (Å²) in [6, 6.07) is 11.5. The zero-order valence-electron chi connectivity index (χ0n) is 10.1. The molecule has 1 atom stereocenters. The lowest BCUT2D eigenvalue weighted by Crippen LogP contribution is -2.01. The number of rotatable bonds is 4. The molecule has 0 aliphatic rings. The van der Waals surface area contributed by atoms with Gasteiger partial charge in [0.15, 0.2) is 5.69 Å². The summed E-state index contributed by atoms with van der Waals surface area (Å²) in [5, 5.41) is 10.6. The minimum Gasteiger partial charge on any atom is -0.397 e. The molecule has 0 saturated carbocycles. The van der Waals surface area contributed by atoms with Gasteiger partial charge in [-0.15, -0.1) is 0 Å². The smallest absolute Gasteiger partial charge is 0.273 e. The third-order valence-corrected chi connectivity index (χ3v) is 3.36. The number of nitro groups is 1. The fourth-order valence-electron chi connectivity index (χ4n) is 1.42. The second-order valence-electron chi connectivity index (χ2n) is 3.68. The molecule has 20 heavy (non-hydrogen) atoms. The van der Waals surface area contributed by atoms with E-state index < -0.39 is 16.0 Å². The molecule has 2 aromatic rings. The van der Waals surface area contributed by atoms with E-state index in [0.717, 1.165) is 0 Å². The van der Waals surface area contributed by atoms with Gasteiger partial charge in [0.2, 0.25) is 11.1 Å². The van der Waals surface area contributed by atoms with E-state index >= 15 is 0 Å². The highest BCUT2D eigenvalue weighted by Gasteiger charge is 2.10. The molecule has 2 aromatic carbocycles. The average Bonchev–Trinajstić information content (AvgIpc) is 2.47. The van der Waals surface area contributed by atoms with E-state index in [-0.39, 0.29) is 11.4 Å². The van der Waals surface area contributed by atoms with E-state index in [1.54, 1.807) is 0 Å². The van der Waals surface area contributed by atoms with Gasteiger partial charge in [-0.25, -0.2) is 9.05 Å². The maximum Gasteiger partial charge on any atom is 0.273 e. The molecule has 2 rings (SSSR count). The van der Waals surface area contributed by atoms with Crippen molar-refractivity contribution < 1.29 is 13.3 Å². The molecule has 0 spiro atoms. The summed E-state index contributed by atoms with van der Waals surface area (Å²) >= 11 is -1.79. The van der Waals surface area contributed by atoms with Gasteiger partial charge in [-0.1, -0.05) is 30.3 Å². The van der Waals surface area contributed by atoms with E-state index in [2.05, 4.69) is 4.85 Å². The lowest BCUT2D eigenvalue weighted by atomic mass is 10.3. The molecular weight excluding hydrogens is 280 g/mol. The second kappa shape index (κ2) is 5.95. The molecule has 0 radical (unpaired) electrons. The van der Waals surface area contributed by atoms with Gasteiger partial charge in [0.1, 0.15) is 5.75 Å². The maximum atomic E-state index is 11.9. The fourth-order valence-corrected chi connectivity index (χ4v) is 2.15. The van der Waals surface area contributed by atoms with Crippen LogP contribution in [0.15, 0.2) is 53.4 Å². The van der Waals surface area contributed by atoms with Crippen LogP contribution < -0.4 is 4.18 Å². The van der Waals surface area contributed by atoms with Crippen molar-refractivity contribution in [2.75, 3.05) is 0 Å². The van der Waals surface area contributed by atoms with Crippen molar-refractivity contribution in [2.45, 2.75) is 4.90 Å². The van der Waals surface area contributed by atoms with Gasteiger partial charge in [-0.05, 0) is 6.07 Å². The summed E-state index contributed by atoms with van der Waals surface area (Å²) < 4.78 is 17.1. The first-order valence-corrected chi connectivity index (χ1v) is 6.50. The Hall–Kier alpha value is -2.72. The van der Waals surface area contributed by atoms with Crippen LogP contribution >= 0.6 is 0 Å². The fraction of sp³-hybridized carbons (Fsp3) is 0. The molecule has 0 aliphatic heterocycles. The SMILES string of the molecule is [C-]#[N+]c1ccc(S(=O)Oc2cccc([N+](=O)[O-])c2)cc1. The number of benzene rings is 2. The van der Waals surface area contributed by atoms with Crippen LogP contribution in [-0.2, 0) is 11.1 Å². The van der Waals surface area contributed by atoms with Crippen LogP contribution in [0.3, 0.4) is 0 Å². The normalized spacial score (nSPS) is 11.3. The average molecular weight is 288 g/mol. The molecular formula is C13H8N2O4S. The largest absolute Gasteiger partial charge is 0.397 e. The van der Waals surface area contributed by atoms with Gasteiger partial charge in [0.05, 0.1) is 22.5 Å². The molecule has 0 aromatic heterocycles. The molecule has 1 unspecified atom stereocenters. The van der Waals surface area contributed by atoms with Crippen molar-refractivity contribution in [3.63, 3.8) is 0 Å². The molecule has 0 saturated heterocycles. The highest BCUT2D eigenvalue weighted by Crippen LogP contribution is 2.22. The minimum absolute atomic E-state index is 0.136. The van der Waals surface area contributed by atoms with E-state index in [1.165, 1.54) is 48.5 Å². The van der Waals surface area contributed by atoms with Crippen molar-refractivity contribution >= 4 is 22.5 Å². The van der Waals surface area contributed by atoms with E-state index in [9.17, 15) is 14.3 Å². The van der Waals surface area contributed by atoms with Crippen LogP contribution in [0.4, 0.5) is 11.4 Å². The first kappa shape index (κ1) is 13.7. The molecule has 7 heteroatoms. The Morgan fingerprint density at radius 3 is 2.50 bits per heavy atom. The van der Waals surface area contributed by atoms with Crippen LogP contribution in [0.25, 0.3) is 4.85 Å². The van der Waals surface area contributed by atoms with Crippen LogP contribution in [0, 0.1) is 16.7 Å². The van der Waals surface area contributed by atoms with E-state index in [0.29, 0.717) is 10.6 Å². The number of non-ortho nitro benzene ring substituents is 1. The Morgan fingerprint density at radius 1 is 1.20 bits per heavy atom. The Morgan fingerprint density at radius 2 is 1.90 bits per heavy atom. The van der Waals surface area contributed by atoms with Crippen molar-refractivity contribution in [3.05, 3.63) is 70.1 Å². The Kier molecular flexibility index (Phi) is 4.08. The van der Waals surface area contributed by atoms with Gasteiger partial charge in [0.25, 0.3) is 5.69 Å². The van der Waals surface area contributed by atoms with E-state index in [4.69, 9.17) is 10.8 Å². The minimum atomic E-state index is -1.79. The van der Waals surface area contributed by atoms with Crippen molar-refractivity contribution in [1.29, 1.82) is 0 Å². The highest BCUT2D eigenvalue weighted by atomic mass is 32.2. The van der Waals surface area contributed by atoms with Crippen molar-refractivity contribution in [3.8, 4) is 5.75 Å². The standard InChI is InChI=1S/C13H8N2O4S/c1-14-10-5-7-13(8-6-10)20(18)19-12-4-2-3-11(9-12)15(16)17/h2-9H. The van der Waals surface area contributed by atoms with Crippen molar-refractivity contribution in [1.82, 2.24) is 0 Å². The molecule has 0 aliphatic carbocycles.